The molecule has 0 aliphatic rings. The second kappa shape index (κ2) is 7.54. The fraction of sp³-hybridized carbons (Fsp3) is 0.0556. The van der Waals surface area contributed by atoms with Crippen molar-refractivity contribution < 1.29 is 18.0 Å². The molecule has 2 heterocycles. The van der Waals surface area contributed by atoms with E-state index in [0.29, 0.717) is 28.5 Å². The van der Waals surface area contributed by atoms with E-state index < -0.39 is 17.6 Å². The second-order valence-corrected chi connectivity index (χ2v) is 6.23. The number of amides is 1. The molecule has 0 spiro atoms. The number of carbonyl (C=O) groups excluding carboxylic acids is 1. The Labute approximate surface area is 162 Å². The predicted octanol–water partition coefficient (Wildman–Crippen LogP) is 5.72. The number of pyridine rings is 2. The molecule has 27 heavy (non-hydrogen) atoms. The topological polar surface area (TPSA) is 54.9 Å². The Morgan fingerprint density at radius 2 is 1.70 bits per heavy atom. The molecule has 4 nitrogen and oxygen atoms in total. The van der Waals surface area contributed by atoms with Crippen LogP contribution >= 0.6 is 23.2 Å². The first-order chi connectivity index (χ1) is 12.8. The summed E-state index contributed by atoms with van der Waals surface area (Å²) in [6.45, 7) is 0. The predicted molar refractivity (Wildman–Crippen MR) is 96.9 cm³/mol. The van der Waals surface area contributed by atoms with Gasteiger partial charge < -0.3 is 5.32 Å². The number of benzene rings is 1. The minimum absolute atomic E-state index is 0.161. The molecule has 0 radical (unpaired) electrons. The minimum atomic E-state index is -4.57. The average molecular weight is 412 g/mol. The number of hydrogen-bond donors (Lipinski definition) is 1. The van der Waals surface area contributed by atoms with Crippen molar-refractivity contribution in [1.82, 2.24) is 9.97 Å². The van der Waals surface area contributed by atoms with E-state index in [1.165, 1.54) is 12.1 Å². The first-order valence-corrected chi connectivity index (χ1v) is 8.26. The molecular formula is C18H10Cl2F3N3O. The van der Waals surface area contributed by atoms with Crippen LogP contribution in [-0.2, 0) is 6.18 Å². The number of halogens is 5. The highest BCUT2D eigenvalue weighted by atomic mass is 35.5. The van der Waals surface area contributed by atoms with Crippen molar-refractivity contribution >= 4 is 34.9 Å². The zero-order chi connectivity index (χ0) is 19.6. The van der Waals surface area contributed by atoms with Gasteiger partial charge in [0.15, 0.2) is 5.82 Å². The molecule has 9 heteroatoms. The smallest absolute Gasteiger partial charge is 0.305 e. The van der Waals surface area contributed by atoms with Gasteiger partial charge in [-0.2, -0.15) is 13.2 Å². The zero-order valence-corrected chi connectivity index (χ0v) is 14.9. The Bertz CT molecular complexity index is 992. The van der Waals surface area contributed by atoms with Crippen molar-refractivity contribution in [2.45, 2.75) is 6.18 Å². The lowest BCUT2D eigenvalue weighted by Gasteiger charge is -2.10. The molecule has 1 amide bonds. The van der Waals surface area contributed by atoms with Crippen molar-refractivity contribution in [2.24, 2.45) is 0 Å². The molecule has 3 aromatic rings. The summed E-state index contributed by atoms with van der Waals surface area (Å²) in [5.41, 5.74) is 0.548. The third-order valence-corrected chi connectivity index (χ3v) is 4.17. The van der Waals surface area contributed by atoms with Crippen LogP contribution in [0.2, 0.25) is 10.0 Å². The van der Waals surface area contributed by atoms with Gasteiger partial charge in [0.25, 0.3) is 5.91 Å². The van der Waals surface area contributed by atoms with Gasteiger partial charge in [0.2, 0.25) is 0 Å². The van der Waals surface area contributed by atoms with E-state index in [9.17, 15) is 18.0 Å². The molecular weight excluding hydrogens is 402 g/mol. The number of hydrogen-bond acceptors (Lipinski definition) is 3. The molecule has 1 aromatic carbocycles. The Kier molecular flexibility index (Phi) is 5.34. The molecule has 0 saturated carbocycles. The Morgan fingerprint density at radius 3 is 2.30 bits per heavy atom. The van der Waals surface area contributed by atoms with Gasteiger partial charge in [-0.25, -0.2) is 4.98 Å². The molecule has 0 saturated heterocycles. The largest absolute Gasteiger partial charge is 0.417 e. The number of rotatable bonds is 3. The van der Waals surface area contributed by atoms with Crippen LogP contribution in [0.5, 0.6) is 0 Å². The number of alkyl halides is 3. The van der Waals surface area contributed by atoms with E-state index in [2.05, 4.69) is 15.3 Å². The molecule has 0 aliphatic carbocycles. The standard InChI is InChI=1S/C18H10Cl2F3N3O/c19-13-2-1-7-24-15(13)10-3-5-11(6-4-10)17(27)26-16-14(20)8-12(9-25-16)18(21,22)23/h1-9H,(H,25,26,27). The number of anilines is 1. The highest BCUT2D eigenvalue weighted by Gasteiger charge is 2.31. The lowest BCUT2D eigenvalue weighted by atomic mass is 10.1. The number of nitrogens with one attached hydrogen (secondary N) is 1. The normalized spacial score (nSPS) is 11.3. The maximum absolute atomic E-state index is 12.6. The van der Waals surface area contributed by atoms with Crippen LogP contribution in [0, 0.1) is 0 Å². The van der Waals surface area contributed by atoms with Crippen LogP contribution in [0.1, 0.15) is 15.9 Å². The van der Waals surface area contributed by atoms with Gasteiger partial charge in [-0.05, 0) is 30.3 Å². The van der Waals surface area contributed by atoms with E-state index in [0.717, 1.165) is 0 Å². The number of nitrogens with zero attached hydrogens (tertiary/aromatic N) is 2. The van der Waals surface area contributed by atoms with Gasteiger partial charge in [0.1, 0.15) is 0 Å². The molecule has 2 aromatic heterocycles. The fourth-order valence-electron chi connectivity index (χ4n) is 2.24. The first kappa shape index (κ1) is 19.1. The Hall–Kier alpha value is -2.64. The monoisotopic (exact) mass is 411 g/mol. The highest BCUT2D eigenvalue weighted by molar-refractivity contribution is 6.33. The Morgan fingerprint density at radius 1 is 1.00 bits per heavy atom. The van der Waals surface area contributed by atoms with E-state index in [4.69, 9.17) is 23.2 Å². The van der Waals surface area contributed by atoms with Gasteiger partial charge >= 0.3 is 6.18 Å². The van der Waals surface area contributed by atoms with Crippen LogP contribution in [-0.4, -0.2) is 15.9 Å². The Balaban J connectivity index is 1.78. The molecule has 1 N–H and O–H groups in total. The van der Waals surface area contributed by atoms with Gasteiger partial charge in [0, 0.05) is 23.5 Å². The summed E-state index contributed by atoms with van der Waals surface area (Å²) in [6.07, 6.45) is -2.37. The van der Waals surface area contributed by atoms with Crippen LogP contribution < -0.4 is 5.32 Å². The second-order valence-electron chi connectivity index (χ2n) is 5.42. The summed E-state index contributed by atoms with van der Waals surface area (Å²) >= 11 is 11.9. The molecule has 138 valence electrons. The fourth-order valence-corrected chi connectivity index (χ4v) is 2.69. The van der Waals surface area contributed by atoms with Gasteiger partial charge in [-0.15, -0.1) is 0 Å². The van der Waals surface area contributed by atoms with E-state index in [1.54, 1.807) is 30.5 Å². The molecule has 0 fully saturated rings. The maximum atomic E-state index is 12.6. The SMILES string of the molecule is O=C(Nc1ncc(C(F)(F)F)cc1Cl)c1ccc(-c2ncccc2Cl)cc1. The third kappa shape index (κ3) is 4.37. The minimum Gasteiger partial charge on any atom is -0.305 e. The van der Waals surface area contributed by atoms with E-state index in [1.807, 2.05) is 0 Å². The molecule has 3 rings (SSSR count). The highest BCUT2D eigenvalue weighted by Crippen LogP contribution is 2.32. The lowest BCUT2D eigenvalue weighted by molar-refractivity contribution is -0.137. The number of aromatic nitrogens is 2. The van der Waals surface area contributed by atoms with Crippen LogP contribution in [0.4, 0.5) is 19.0 Å². The summed E-state index contributed by atoms with van der Waals surface area (Å²) in [7, 11) is 0. The summed E-state index contributed by atoms with van der Waals surface area (Å²) in [4.78, 5) is 20.0. The van der Waals surface area contributed by atoms with Crippen molar-refractivity contribution in [2.75, 3.05) is 5.32 Å². The molecule has 0 atom stereocenters. The summed E-state index contributed by atoms with van der Waals surface area (Å²) < 4.78 is 37.9. The van der Waals surface area contributed by atoms with Crippen LogP contribution in [0.15, 0.2) is 54.9 Å². The summed E-state index contributed by atoms with van der Waals surface area (Å²) in [6, 6.07) is 10.5. The summed E-state index contributed by atoms with van der Waals surface area (Å²) in [5, 5.41) is 2.54. The molecule has 0 unspecified atom stereocenters. The van der Waals surface area contributed by atoms with E-state index >= 15 is 0 Å². The summed E-state index contributed by atoms with van der Waals surface area (Å²) in [5.74, 6) is -0.727. The van der Waals surface area contributed by atoms with Crippen molar-refractivity contribution in [3.8, 4) is 11.3 Å². The van der Waals surface area contributed by atoms with Crippen LogP contribution in [0.25, 0.3) is 11.3 Å². The molecule has 0 aliphatic heterocycles. The van der Waals surface area contributed by atoms with Crippen molar-refractivity contribution in [3.05, 3.63) is 76.0 Å². The maximum Gasteiger partial charge on any atom is 0.417 e. The van der Waals surface area contributed by atoms with E-state index in [-0.39, 0.29) is 16.4 Å². The quantitative estimate of drug-likeness (QED) is 0.599. The third-order valence-electron chi connectivity index (χ3n) is 3.58. The lowest BCUT2D eigenvalue weighted by Crippen LogP contribution is -2.14. The number of carbonyl (C=O) groups is 1. The first-order valence-electron chi connectivity index (χ1n) is 7.51. The van der Waals surface area contributed by atoms with Gasteiger partial charge in [-0.1, -0.05) is 35.3 Å². The average Bonchev–Trinajstić information content (AvgIpc) is 2.63. The van der Waals surface area contributed by atoms with Gasteiger partial charge in [-0.3, -0.25) is 9.78 Å². The van der Waals surface area contributed by atoms with Gasteiger partial charge in [0.05, 0.1) is 21.3 Å². The molecule has 0 bridgehead atoms. The van der Waals surface area contributed by atoms with Crippen LogP contribution in [0.3, 0.4) is 0 Å². The van der Waals surface area contributed by atoms with Crippen molar-refractivity contribution in [1.29, 1.82) is 0 Å². The van der Waals surface area contributed by atoms with Crippen molar-refractivity contribution in [3.63, 3.8) is 0 Å². The zero-order valence-electron chi connectivity index (χ0n) is 13.4.